The third-order valence-corrected chi connectivity index (χ3v) is 5.93. The predicted molar refractivity (Wildman–Crippen MR) is 105 cm³/mol. The van der Waals surface area contributed by atoms with Crippen LogP contribution in [0, 0.1) is 11.7 Å². The number of benzene rings is 1. The second-order valence-corrected chi connectivity index (χ2v) is 8.95. The molecule has 2 aliphatic rings. The van der Waals surface area contributed by atoms with Gasteiger partial charge in [-0.15, -0.1) is 0 Å². The van der Waals surface area contributed by atoms with Gasteiger partial charge in [-0.05, 0) is 51.8 Å². The van der Waals surface area contributed by atoms with Gasteiger partial charge in [0.05, 0.1) is 11.6 Å². The third kappa shape index (κ3) is 4.06. The van der Waals surface area contributed by atoms with Gasteiger partial charge < -0.3 is 15.2 Å². The molecule has 1 aliphatic heterocycles. The Kier molecular flexibility index (Phi) is 5.40. The van der Waals surface area contributed by atoms with Crippen LogP contribution in [0.4, 0.5) is 14.9 Å². The zero-order chi connectivity index (χ0) is 19.8. The average Bonchev–Trinajstić information content (AvgIpc) is 2.94. The monoisotopic (exact) mass is 395 g/mol. The Morgan fingerprint density at radius 2 is 2.19 bits per heavy atom. The van der Waals surface area contributed by atoms with Crippen molar-refractivity contribution < 1.29 is 18.7 Å². The van der Waals surface area contributed by atoms with Crippen molar-refractivity contribution in [2.75, 3.05) is 18.6 Å². The normalized spacial score (nSPS) is 27.7. The molecule has 148 valence electrons. The van der Waals surface area contributed by atoms with Gasteiger partial charge in [0.2, 0.25) is 0 Å². The van der Waals surface area contributed by atoms with Crippen molar-refractivity contribution in [2.24, 2.45) is 10.9 Å². The van der Waals surface area contributed by atoms with Crippen LogP contribution in [-0.2, 0) is 15.0 Å². The number of rotatable bonds is 2. The number of amides is 1. The molecule has 8 heteroatoms. The maximum atomic E-state index is 14.7. The molecule has 2 unspecified atom stereocenters. The van der Waals surface area contributed by atoms with Crippen molar-refractivity contribution in [3.8, 4) is 0 Å². The number of nitrogens with one attached hydrogen (secondary N) is 1. The van der Waals surface area contributed by atoms with E-state index < -0.39 is 17.2 Å². The van der Waals surface area contributed by atoms with E-state index in [0.717, 1.165) is 6.42 Å². The van der Waals surface area contributed by atoms with E-state index in [1.54, 1.807) is 33.9 Å². The number of fused-ring (bicyclic) bond motifs is 1. The van der Waals surface area contributed by atoms with Crippen LogP contribution in [0.1, 0.15) is 39.2 Å². The first-order chi connectivity index (χ1) is 12.6. The smallest absolute Gasteiger partial charge is 0.413 e. The van der Waals surface area contributed by atoms with E-state index in [4.69, 9.17) is 20.2 Å². The number of nitrogens with zero attached hydrogens (tertiary/aromatic N) is 1. The molecule has 0 radical (unpaired) electrons. The lowest BCUT2D eigenvalue weighted by Gasteiger charge is -2.38. The largest absolute Gasteiger partial charge is 0.444 e. The first kappa shape index (κ1) is 19.9. The SMILES string of the molecule is CO[C@H]1CCC2(c3cc(N)ccc3F)N=C(NC(=O)OC(C)(C)C)SCC12. The second kappa shape index (κ2) is 7.31. The Morgan fingerprint density at radius 3 is 2.85 bits per heavy atom. The Bertz CT molecular complexity index is 765. The number of carbonyl (C=O) groups is 1. The van der Waals surface area contributed by atoms with E-state index in [2.05, 4.69) is 5.32 Å². The molecule has 1 fully saturated rings. The van der Waals surface area contributed by atoms with Gasteiger partial charge in [-0.3, -0.25) is 10.3 Å². The highest BCUT2D eigenvalue weighted by atomic mass is 32.2. The van der Waals surface area contributed by atoms with Crippen molar-refractivity contribution in [1.29, 1.82) is 0 Å². The van der Waals surface area contributed by atoms with Crippen LogP contribution in [0.3, 0.4) is 0 Å². The van der Waals surface area contributed by atoms with Crippen LogP contribution in [0.15, 0.2) is 23.2 Å². The zero-order valence-electron chi connectivity index (χ0n) is 16.0. The number of nitrogen functional groups attached to an aromatic ring is 1. The van der Waals surface area contributed by atoms with Gasteiger partial charge in [0, 0.05) is 30.0 Å². The molecular weight excluding hydrogens is 369 g/mol. The number of alkyl carbamates (subject to hydrolysis) is 1. The minimum atomic E-state index is -0.810. The zero-order valence-corrected chi connectivity index (χ0v) is 16.9. The van der Waals surface area contributed by atoms with Crippen LogP contribution >= 0.6 is 11.8 Å². The second-order valence-electron chi connectivity index (χ2n) is 7.94. The van der Waals surface area contributed by atoms with Gasteiger partial charge in [-0.25, -0.2) is 9.18 Å². The molecule has 1 amide bonds. The van der Waals surface area contributed by atoms with Crippen LogP contribution < -0.4 is 11.1 Å². The summed E-state index contributed by atoms with van der Waals surface area (Å²) in [7, 11) is 1.67. The van der Waals surface area contributed by atoms with Gasteiger partial charge in [-0.2, -0.15) is 0 Å². The summed E-state index contributed by atoms with van der Waals surface area (Å²) >= 11 is 1.42. The highest BCUT2D eigenvalue weighted by Crippen LogP contribution is 2.52. The average molecular weight is 396 g/mol. The summed E-state index contributed by atoms with van der Waals surface area (Å²) in [6.45, 7) is 5.38. The van der Waals surface area contributed by atoms with Gasteiger partial charge in [-0.1, -0.05) is 11.8 Å². The quantitative estimate of drug-likeness (QED) is 0.747. The number of aliphatic imine (C=N–C) groups is 1. The molecule has 6 nitrogen and oxygen atoms in total. The van der Waals surface area contributed by atoms with Gasteiger partial charge in [0.15, 0.2) is 5.17 Å². The van der Waals surface area contributed by atoms with Crippen LogP contribution in [0.5, 0.6) is 0 Å². The number of amidine groups is 1. The maximum absolute atomic E-state index is 14.7. The fraction of sp³-hybridized carbons (Fsp3) is 0.579. The topological polar surface area (TPSA) is 85.9 Å². The Balaban J connectivity index is 1.98. The summed E-state index contributed by atoms with van der Waals surface area (Å²) in [4.78, 5) is 17.0. The highest BCUT2D eigenvalue weighted by Gasteiger charge is 2.53. The molecule has 1 heterocycles. The fourth-order valence-electron chi connectivity index (χ4n) is 3.83. The fourth-order valence-corrected chi connectivity index (χ4v) is 5.04. The third-order valence-electron chi connectivity index (χ3n) is 4.94. The molecule has 3 N–H and O–H groups in total. The van der Waals surface area contributed by atoms with E-state index in [-0.39, 0.29) is 17.8 Å². The molecule has 0 saturated heterocycles. The molecule has 3 atom stereocenters. The molecule has 1 aromatic rings. The van der Waals surface area contributed by atoms with Gasteiger partial charge in [0.1, 0.15) is 11.4 Å². The predicted octanol–water partition coefficient (Wildman–Crippen LogP) is 3.66. The number of thioether (sulfide) groups is 1. The number of carbonyl (C=O) groups excluding carboxylic acids is 1. The number of ether oxygens (including phenoxy) is 2. The molecule has 0 aromatic heterocycles. The number of methoxy groups -OCH3 is 1. The van der Waals surface area contributed by atoms with Crippen molar-refractivity contribution in [3.63, 3.8) is 0 Å². The Hall–Kier alpha value is -1.80. The van der Waals surface area contributed by atoms with E-state index in [1.807, 2.05) is 0 Å². The van der Waals surface area contributed by atoms with Gasteiger partial charge in [0.25, 0.3) is 0 Å². The molecule has 0 bridgehead atoms. The van der Waals surface area contributed by atoms with E-state index in [1.165, 1.54) is 23.9 Å². The number of hydrogen-bond donors (Lipinski definition) is 2. The molecule has 1 aromatic carbocycles. The highest BCUT2D eigenvalue weighted by molar-refractivity contribution is 8.13. The minimum Gasteiger partial charge on any atom is -0.444 e. The number of halogens is 1. The molecule has 1 saturated carbocycles. The van der Waals surface area contributed by atoms with E-state index in [9.17, 15) is 9.18 Å². The molecular formula is C19H26FN3O3S. The molecule has 1 aliphatic carbocycles. The van der Waals surface area contributed by atoms with E-state index in [0.29, 0.717) is 28.6 Å². The lowest BCUT2D eigenvalue weighted by molar-refractivity contribution is 0.0561. The first-order valence-corrected chi connectivity index (χ1v) is 9.94. The van der Waals surface area contributed by atoms with Crippen molar-refractivity contribution in [2.45, 2.75) is 50.9 Å². The molecule has 0 spiro atoms. The summed E-state index contributed by atoms with van der Waals surface area (Å²) in [6.07, 6.45) is 0.789. The van der Waals surface area contributed by atoms with Crippen LogP contribution in [-0.4, -0.2) is 35.8 Å². The number of hydrogen-bond acceptors (Lipinski definition) is 6. The Labute approximate surface area is 163 Å². The van der Waals surface area contributed by atoms with Crippen molar-refractivity contribution in [1.82, 2.24) is 5.32 Å². The standard InChI is InChI=1S/C19H26FN3O3S/c1-18(2,3)26-17(24)22-16-23-19(12-9-11(21)5-6-14(12)20)8-7-15(25-4)13(19)10-27-16/h5-6,9,13,15H,7-8,10,21H2,1-4H3,(H,22,23,24)/t13?,15-,19?/m0/s1. The molecule has 3 rings (SSSR count). The Morgan fingerprint density at radius 1 is 1.44 bits per heavy atom. The first-order valence-electron chi connectivity index (χ1n) is 8.95. The minimum absolute atomic E-state index is 0.00649. The molecule has 27 heavy (non-hydrogen) atoms. The summed E-state index contributed by atoms with van der Waals surface area (Å²) in [5, 5.41) is 3.14. The lowest BCUT2D eigenvalue weighted by atomic mass is 9.80. The summed E-state index contributed by atoms with van der Waals surface area (Å²) in [5.41, 5.74) is 5.44. The summed E-state index contributed by atoms with van der Waals surface area (Å²) in [6, 6.07) is 4.55. The number of anilines is 1. The lowest BCUT2D eigenvalue weighted by Crippen LogP contribution is -2.44. The van der Waals surface area contributed by atoms with Crippen molar-refractivity contribution in [3.05, 3.63) is 29.6 Å². The summed E-state index contributed by atoms with van der Waals surface area (Å²) < 4.78 is 25.7. The summed E-state index contributed by atoms with van der Waals surface area (Å²) in [5.74, 6) is 0.299. The maximum Gasteiger partial charge on any atom is 0.413 e. The van der Waals surface area contributed by atoms with Gasteiger partial charge >= 0.3 is 6.09 Å². The van der Waals surface area contributed by atoms with Crippen LogP contribution in [0.25, 0.3) is 0 Å². The van der Waals surface area contributed by atoms with Crippen LogP contribution in [0.2, 0.25) is 0 Å². The van der Waals surface area contributed by atoms with E-state index >= 15 is 0 Å². The van der Waals surface area contributed by atoms with Crippen molar-refractivity contribution >= 4 is 28.7 Å². The number of nitrogens with two attached hydrogens (primary N) is 1.